The Labute approximate surface area is 116 Å². The topological polar surface area (TPSA) is 35.5 Å². The van der Waals surface area contributed by atoms with Crippen molar-refractivity contribution in [2.45, 2.75) is 45.7 Å². The van der Waals surface area contributed by atoms with Gasteiger partial charge in [0.05, 0.1) is 12.6 Å². The van der Waals surface area contributed by atoms with Crippen molar-refractivity contribution in [1.82, 2.24) is 5.32 Å². The van der Waals surface area contributed by atoms with Gasteiger partial charge in [-0.2, -0.15) is 0 Å². The van der Waals surface area contributed by atoms with Crippen LogP contribution in [0.2, 0.25) is 0 Å². The third-order valence-corrected chi connectivity index (χ3v) is 3.99. The number of hydrogen-bond donors (Lipinski definition) is 2. The van der Waals surface area contributed by atoms with Gasteiger partial charge in [-0.25, -0.2) is 0 Å². The van der Waals surface area contributed by atoms with E-state index in [1.54, 1.807) is 0 Å². The van der Waals surface area contributed by atoms with Gasteiger partial charge < -0.3 is 15.3 Å². The largest absolute Gasteiger partial charge is 0.394 e. The van der Waals surface area contributed by atoms with Crippen molar-refractivity contribution in [1.29, 1.82) is 0 Å². The van der Waals surface area contributed by atoms with Crippen LogP contribution in [-0.2, 0) is 6.54 Å². The molecule has 1 aromatic rings. The average molecular weight is 262 g/mol. The lowest BCUT2D eigenvalue weighted by Gasteiger charge is -2.37. The molecule has 1 saturated heterocycles. The van der Waals surface area contributed by atoms with Gasteiger partial charge in [0.15, 0.2) is 0 Å². The fourth-order valence-electron chi connectivity index (χ4n) is 2.93. The quantitative estimate of drug-likeness (QED) is 0.855. The molecule has 1 aliphatic heterocycles. The molecule has 0 spiro atoms. The van der Waals surface area contributed by atoms with Crippen molar-refractivity contribution in [3.05, 3.63) is 29.3 Å². The van der Waals surface area contributed by atoms with E-state index in [0.717, 1.165) is 26.1 Å². The first kappa shape index (κ1) is 14.4. The number of aryl methyl sites for hydroxylation is 1. The van der Waals surface area contributed by atoms with Gasteiger partial charge in [0, 0.05) is 18.8 Å². The second-order valence-electron chi connectivity index (χ2n) is 5.43. The van der Waals surface area contributed by atoms with Crippen molar-refractivity contribution >= 4 is 5.69 Å². The second-order valence-corrected chi connectivity index (χ2v) is 5.43. The molecule has 0 radical (unpaired) electrons. The van der Waals surface area contributed by atoms with Crippen LogP contribution in [-0.4, -0.2) is 30.8 Å². The highest BCUT2D eigenvalue weighted by atomic mass is 16.3. The molecule has 1 aromatic carbocycles. The van der Waals surface area contributed by atoms with Gasteiger partial charge in [-0.05, 0) is 49.9 Å². The minimum atomic E-state index is 0.262. The Morgan fingerprint density at radius 1 is 1.37 bits per heavy atom. The van der Waals surface area contributed by atoms with Gasteiger partial charge in [-0.15, -0.1) is 0 Å². The molecular weight excluding hydrogens is 236 g/mol. The zero-order valence-electron chi connectivity index (χ0n) is 12.2. The van der Waals surface area contributed by atoms with Gasteiger partial charge in [0.2, 0.25) is 0 Å². The summed E-state index contributed by atoms with van der Waals surface area (Å²) in [5.41, 5.74) is 3.94. The maximum absolute atomic E-state index is 9.53. The standard InChI is InChI=1S/C16H26N2O/c1-3-17-11-14-7-8-16(13(2)10-14)18-9-5-4-6-15(18)12-19/h7-8,10,15,17,19H,3-6,9,11-12H2,1-2H3. The average Bonchev–Trinajstić information content (AvgIpc) is 2.45. The molecule has 1 aliphatic rings. The van der Waals surface area contributed by atoms with Crippen LogP contribution in [0.15, 0.2) is 18.2 Å². The summed E-state index contributed by atoms with van der Waals surface area (Å²) in [5, 5.41) is 12.9. The van der Waals surface area contributed by atoms with Gasteiger partial charge in [-0.3, -0.25) is 0 Å². The SMILES string of the molecule is CCNCc1ccc(N2CCCCC2CO)c(C)c1. The number of aliphatic hydroxyl groups excluding tert-OH is 1. The zero-order valence-corrected chi connectivity index (χ0v) is 12.2. The zero-order chi connectivity index (χ0) is 13.7. The van der Waals surface area contributed by atoms with Crippen LogP contribution < -0.4 is 10.2 Å². The molecule has 1 heterocycles. The van der Waals surface area contributed by atoms with E-state index in [1.165, 1.54) is 29.7 Å². The van der Waals surface area contributed by atoms with Crippen molar-refractivity contribution < 1.29 is 5.11 Å². The first-order chi connectivity index (χ1) is 9.26. The number of piperidine rings is 1. The third kappa shape index (κ3) is 3.48. The summed E-state index contributed by atoms with van der Waals surface area (Å²) < 4.78 is 0. The molecule has 0 aliphatic carbocycles. The Bertz CT molecular complexity index is 406. The minimum absolute atomic E-state index is 0.262. The molecule has 1 unspecified atom stereocenters. The van der Waals surface area contributed by atoms with E-state index in [0.29, 0.717) is 6.04 Å². The first-order valence-corrected chi connectivity index (χ1v) is 7.44. The molecule has 19 heavy (non-hydrogen) atoms. The van der Waals surface area contributed by atoms with Gasteiger partial charge in [0.25, 0.3) is 0 Å². The Morgan fingerprint density at radius 2 is 2.21 bits per heavy atom. The first-order valence-electron chi connectivity index (χ1n) is 7.44. The van der Waals surface area contributed by atoms with Crippen LogP contribution in [0.4, 0.5) is 5.69 Å². The molecule has 0 bridgehead atoms. The molecule has 0 aromatic heterocycles. The fourth-order valence-corrected chi connectivity index (χ4v) is 2.93. The van der Waals surface area contributed by atoms with Crippen LogP contribution in [0.25, 0.3) is 0 Å². The summed E-state index contributed by atoms with van der Waals surface area (Å²) in [4.78, 5) is 2.38. The summed E-state index contributed by atoms with van der Waals surface area (Å²) in [6.45, 7) is 7.56. The highest BCUT2D eigenvalue weighted by Gasteiger charge is 2.22. The van der Waals surface area contributed by atoms with Gasteiger partial charge in [-0.1, -0.05) is 19.1 Å². The number of nitrogens with one attached hydrogen (secondary N) is 1. The second kappa shape index (κ2) is 6.92. The number of nitrogens with zero attached hydrogens (tertiary/aromatic N) is 1. The number of hydrogen-bond acceptors (Lipinski definition) is 3. The van der Waals surface area contributed by atoms with E-state index in [-0.39, 0.29) is 6.61 Å². The summed E-state index contributed by atoms with van der Waals surface area (Å²) in [6.07, 6.45) is 3.57. The van der Waals surface area contributed by atoms with Crippen LogP contribution in [0.5, 0.6) is 0 Å². The van der Waals surface area contributed by atoms with E-state index < -0.39 is 0 Å². The summed E-state index contributed by atoms with van der Waals surface area (Å²) >= 11 is 0. The molecule has 0 saturated carbocycles. The highest BCUT2D eigenvalue weighted by Crippen LogP contribution is 2.28. The molecule has 0 amide bonds. The fraction of sp³-hybridized carbons (Fsp3) is 0.625. The van der Waals surface area contributed by atoms with Crippen molar-refractivity contribution in [3.8, 4) is 0 Å². The Morgan fingerprint density at radius 3 is 2.89 bits per heavy atom. The van der Waals surface area contributed by atoms with Crippen molar-refractivity contribution in [3.63, 3.8) is 0 Å². The predicted octanol–water partition coefficient (Wildman–Crippen LogP) is 2.46. The summed E-state index contributed by atoms with van der Waals surface area (Å²) in [7, 11) is 0. The smallest absolute Gasteiger partial charge is 0.0635 e. The highest BCUT2D eigenvalue weighted by molar-refractivity contribution is 5.55. The van der Waals surface area contributed by atoms with E-state index >= 15 is 0 Å². The monoisotopic (exact) mass is 262 g/mol. The molecule has 1 atom stereocenters. The molecular formula is C16H26N2O. The Hall–Kier alpha value is -1.06. The number of rotatable bonds is 5. The number of aliphatic hydroxyl groups is 1. The lowest BCUT2D eigenvalue weighted by Crippen LogP contribution is -2.42. The van der Waals surface area contributed by atoms with Crippen molar-refractivity contribution in [2.24, 2.45) is 0 Å². The van der Waals surface area contributed by atoms with E-state index in [2.05, 4.69) is 42.3 Å². The van der Waals surface area contributed by atoms with Crippen LogP contribution in [0.3, 0.4) is 0 Å². The van der Waals surface area contributed by atoms with Gasteiger partial charge in [0.1, 0.15) is 0 Å². The predicted molar refractivity (Wildman–Crippen MR) is 80.6 cm³/mol. The molecule has 2 rings (SSSR count). The Balaban J connectivity index is 2.14. The van der Waals surface area contributed by atoms with E-state index in [9.17, 15) is 5.11 Å². The molecule has 1 fully saturated rings. The lowest BCUT2D eigenvalue weighted by atomic mass is 9.99. The molecule has 2 N–H and O–H groups in total. The summed E-state index contributed by atoms with van der Waals surface area (Å²) in [6, 6.07) is 6.98. The Kier molecular flexibility index (Phi) is 5.23. The molecule has 106 valence electrons. The minimum Gasteiger partial charge on any atom is -0.394 e. The van der Waals surface area contributed by atoms with E-state index in [4.69, 9.17) is 0 Å². The van der Waals surface area contributed by atoms with Crippen LogP contribution >= 0.6 is 0 Å². The van der Waals surface area contributed by atoms with E-state index in [1.807, 2.05) is 0 Å². The van der Waals surface area contributed by atoms with Crippen LogP contribution in [0, 0.1) is 6.92 Å². The normalized spacial score (nSPS) is 19.7. The maximum atomic E-state index is 9.53. The summed E-state index contributed by atoms with van der Waals surface area (Å²) in [5.74, 6) is 0. The maximum Gasteiger partial charge on any atom is 0.0635 e. The third-order valence-electron chi connectivity index (χ3n) is 3.99. The number of anilines is 1. The number of benzene rings is 1. The van der Waals surface area contributed by atoms with Gasteiger partial charge >= 0.3 is 0 Å². The van der Waals surface area contributed by atoms with Crippen LogP contribution in [0.1, 0.15) is 37.3 Å². The molecule has 3 nitrogen and oxygen atoms in total. The molecule has 3 heteroatoms. The van der Waals surface area contributed by atoms with Crippen molar-refractivity contribution in [2.75, 3.05) is 24.6 Å². The lowest BCUT2D eigenvalue weighted by molar-refractivity contribution is 0.240.